The Hall–Kier alpha value is -2.38. The summed E-state index contributed by atoms with van der Waals surface area (Å²) in [6, 6.07) is 9.06. The maximum Gasteiger partial charge on any atom is 0.333 e. The van der Waals surface area contributed by atoms with E-state index in [0.717, 1.165) is 5.56 Å². The van der Waals surface area contributed by atoms with Gasteiger partial charge in [-0.2, -0.15) is 5.10 Å². The van der Waals surface area contributed by atoms with E-state index in [1.54, 1.807) is 33.9 Å². The molecule has 0 spiro atoms. The fourth-order valence-electron chi connectivity index (χ4n) is 2.48. The summed E-state index contributed by atoms with van der Waals surface area (Å²) in [5, 5.41) is 6.98. The maximum absolute atomic E-state index is 12.5. The van der Waals surface area contributed by atoms with Crippen LogP contribution in [0.1, 0.15) is 39.3 Å². The van der Waals surface area contributed by atoms with Gasteiger partial charge in [-0.15, -0.1) is 12.4 Å². The van der Waals surface area contributed by atoms with E-state index in [2.05, 4.69) is 10.4 Å². The predicted molar refractivity (Wildman–Crippen MR) is 107 cm³/mol. The standard InChI is InChI=1S/C19H26N4O3.ClH/c1-5-26-18(25)19(3,4)23-12-15(11-21-23)22-17(24)13(2)16(20)14-9-7-6-8-10-14;/h6-13,16H,5,20H2,1-4H3,(H,22,24);1H. The van der Waals surface area contributed by atoms with Gasteiger partial charge >= 0.3 is 5.97 Å². The van der Waals surface area contributed by atoms with Crippen LogP contribution in [0.3, 0.4) is 0 Å². The number of esters is 1. The lowest BCUT2D eigenvalue weighted by atomic mass is 9.94. The highest BCUT2D eigenvalue weighted by atomic mass is 35.5. The number of halogens is 1. The summed E-state index contributed by atoms with van der Waals surface area (Å²) in [5.41, 5.74) is 6.63. The first kappa shape index (κ1) is 22.7. The molecule has 0 radical (unpaired) electrons. The molecule has 2 aromatic rings. The second kappa shape index (κ2) is 9.53. The second-order valence-corrected chi connectivity index (χ2v) is 6.67. The van der Waals surface area contributed by atoms with Crippen LogP contribution in [0.4, 0.5) is 5.69 Å². The lowest BCUT2D eigenvalue weighted by molar-refractivity contribution is -0.152. The number of hydrogen-bond donors (Lipinski definition) is 2. The smallest absolute Gasteiger partial charge is 0.333 e. The molecule has 1 aromatic carbocycles. The lowest BCUT2D eigenvalue weighted by Crippen LogP contribution is -2.37. The molecule has 2 atom stereocenters. The van der Waals surface area contributed by atoms with Crippen LogP contribution in [0.2, 0.25) is 0 Å². The molecule has 0 bridgehead atoms. The molecule has 2 rings (SSSR count). The van der Waals surface area contributed by atoms with Gasteiger partial charge in [0.1, 0.15) is 0 Å². The Morgan fingerprint density at radius 2 is 1.93 bits per heavy atom. The van der Waals surface area contributed by atoms with Gasteiger partial charge in [0.2, 0.25) is 5.91 Å². The number of hydrogen-bond acceptors (Lipinski definition) is 5. The highest BCUT2D eigenvalue weighted by molar-refractivity contribution is 5.92. The van der Waals surface area contributed by atoms with E-state index < -0.39 is 17.5 Å². The van der Waals surface area contributed by atoms with Crippen molar-refractivity contribution in [3.8, 4) is 0 Å². The third-order valence-electron chi connectivity index (χ3n) is 4.33. The zero-order valence-corrected chi connectivity index (χ0v) is 16.8. The number of carbonyl (C=O) groups excluding carboxylic acids is 2. The molecule has 0 aliphatic carbocycles. The fraction of sp³-hybridized carbons (Fsp3) is 0.421. The van der Waals surface area contributed by atoms with Crippen molar-refractivity contribution in [3.05, 3.63) is 48.3 Å². The monoisotopic (exact) mass is 394 g/mol. The molecule has 8 heteroatoms. The van der Waals surface area contributed by atoms with Crippen LogP contribution >= 0.6 is 12.4 Å². The van der Waals surface area contributed by atoms with Gasteiger partial charge in [0.15, 0.2) is 5.54 Å². The first-order valence-electron chi connectivity index (χ1n) is 8.61. The van der Waals surface area contributed by atoms with Crippen molar-refractivity contribution in [1.29, 1.82) is 0 Å². The molecule has 0 saturated heterocycles. The van der Waals surface area contributed by atoms with Crippen LogP contribution in [0.25, 0.3) is 0 Å². The molecule has 0 fully saturated rings. The second-order valence-electron chi connectivity index (χ2n) is 6.67. The first-order valence-corrected chi connectivity index (χ1v) is 8.61. The number of amides is 1. The lowest BCUT2D eigenvalue weighted by Gasteiger charge is -2.22. The van der Waals surface area contributed by atoms with Crippen molar-refractivity contribution in [2.45, 2.75) is 39.3 Å². The Morgan fingerprint density at radius 1 is 1.30 bits per heavy atom. The van der Waals surface area contributed by atoms with E-state index in [4.69, 9.17) is 10.5 Å². The Morgan fingerprint density at radius 3 is 2.52 bits per heavy atom. The van der Waals surface area contributed by atoms with Crippen molar-refractivity contribution in [2.75, 3.05) is 11.9 Å². The summed E-state index contributed by atoms with van der Waals surface area (Å²) in [4.78, 5) is 24.6. The zero-order valence-electron chi connectivity index (χ0n) is 16.0. The van der Waals surface area contributed by atoms with Gasteiger partial charge < -0.3 is 15.8 Å². The third-order valence-corrected chi connectivity index (χ3v) is 4.33. The van der Waals surface area contributed by atoms with Crippen LogP contribution in [0.15, 0.2) is 42.7 Å². The molecular formula is C19H27ClN4O3. The molecular weight excluding hydrogens is 368 g/mol. The van der Waals surface area contributed by atoms with Gasteiger partial charge in [-0.3, -0.25) is 9.48 Å². The minimum absolute atomic E-state index is 0. The van der Waals surface area contributed by atoms with E-state index in [9.17, 15) is 9.59 Å². The number of nitrogens with one attached hydrogen (secondary N) is 1. The van der Waals surface area contributed by atoms with Gasteiger partial charge in [-0.05, 0) is 26.3 Å². The highest BCUT2D eigenvalue weighted by Gasteiger charge is 2.32. The highest BCUT2D eigenvalue weighted by Crippen LogP contribution is 2.22. The summed E-state index contributed by atoms with van der Waals surface area (Å²) < 4.78 is 6.54. The van der Waals surface area contributed by atoms with Gasteiger partial charge in [0.25, 0.3) is 0 Å². The quantitative estimate of drug-likeness (QED) is 0.703. The summed E-state index contributed by atoms with van der Waals surface area (Å²) in [6.07, 6.45) is 3.11. The fourth-order valence-corrected chi connectivity index (χ4v) is 2.48. The van der Waals surface area contributed by atoms with E-state index in [0.29, 0.717) is 12.3 Å². The van der Waals surface area contributed by atoms with Gasteiger partial charge in [-0.1, -0.05) is 37.3 Å². The zero-order chi connectivity index (χ0) is 19.3. The Labute approximate surface area is 165 Å². The first-order chi connectivity index (χ1) is 12.3. The van der Waals surface area contributed by atoms with Crippen molar-refractivity contribution in [1.82, 2.24) is 9.78 Å². The molecule has 27 heavy (non-hydrogen) atoms. The molecule has 1 aromatic heterocycles. The third kappa shape index (κ3) is 5.30. The van der Waals surface area contributed by atoms with E-state index in [-0.39, 0.29) is 24.3 Å². The molecule has 2 unspecified atom stereocenters. The Bertz CT molecular complexity index is 761. The summed E-state index contributed by atoms with van der Waals surface area (Å²) in [6.45, 7) is 7.23. The van der Waals surface area contributed by atoms with Crippen LogP contribution < -0.4 is 11.1 Å². The van der Waals surface area contributed by atoms with Crippen molar-refractivity contribution in [3.63, 3.8) is 0 Å². The molecule has 3 N–H and O–H groups in total. The largest absolute Gasteiger partial charge is 0.464 e. The number of anilines is 1. The van der Waals surface area contributed by atoms with Gasteiger partial charge in [-0.25, -0.2) is 4.79 Å². The average Bonchev–Trinajstić information content (AvgIpc) is 3.10. The number of carbonyl (C=O) groups is 2. The minimum atomic E-state index is -0.967. The van der Waals surface area contributed by atoms with E-state index in [1.165, 1.54) is 10.9 Å². The predicted octanol–water partition coefficient (Wildman–Crippen LogP) is 2.88. The molecule has 0 aliphatic heterocycles. The van der Waals surface area contributed by atoms with Crippen LogP contribution in [-0.2, 0) is 19.9 Å². The van der Waals surface area contributed by atoms with Crippen LogP contribution in [0.5, 0.6) is 0 Å². The Balaban J connectivity index is 0.00000364. The number of ether oxygens (including phenoxy) is 1. The number of aromatic nitrogens is 2. The SMILES string of the molecule is CCOC(=O)C(C)(C)n1cc(NC(=O)C(C)C(N)c2ccccc2)cn1.Cl. The molecule has 0 saturated carbocycles. The van der Waals surface area contributed by atoms with Crippen LogP contribution in [0, 0.1) is 5.92 Å². The molecule has 0 aliphatic rings. The van der Waals surface area contributed by atoms with Gasteiger partial charge in [0, 0.05) is 12.2 Å². The number of rotatable bonds is 7. The molecule has 1 heterocycles. The van der Waals surface area contributed by atoms with Crippen LogP contribution in [-0.4, -0.2) is 28.3 Å². The normalized spacial score (nSPS) is 13.2. The van der Waals surface area contributed by atoms with E-state index >= 15 is 0 Å². The van der Waals surface area contributed by atoms with E-state index in [1.807, 2.05) is 30.3 Å². The molecule has 148 valence electrons. The summed E-state index contributed by atoms with van der Waals surface area (Å²) >= 11 is 0. The van der Waals surface area contributed by atoms with Crippen molar-refractivity contribution >= 4 is 30.0 Å². The number of nitrogens with two attached hydrogens (primary N) is 1. The number of benzene rings is 1. The Kier molecular flexibility index (Phi) is 7.99. The molecule has 7 nitrogen and oxygen atoms in total. The minimum Gasteiger partial charge on any atom is -0.464 e. The topological polar surface area (TPSA) is 99.2 Å². The summed E-state index contributed by atoms with van der Waals surface area (Å²) in [5.74, 6) is -1.03. The maximum atomic E-state index is 12.5. The summed E-state index contributed by atoms with van der Waals surface area (Å²) in [7, 11) is 0. The van der Waals surface area contributed by atoms with Crippen molar-refractivity contribution < 1.29 is 14.3 Å². The van der Waals surface area contributed by atoms with Crippen molar-refractivity contribution in [2.24, 2.45) is 11.7 Å². The van der Waals surface area contributed by atoms with Gasteiger partial charge in [0.05, 0.1) is 24.4 Å². The molecule has 1 amide bonds. The number of nitrogens with zero attached hydrogens (tertiary/aromatic N) is 2. The average molecular weight is 395 g/mol.